The Morgan fingerprint density at radius 2 is 1.39 bits per heavy atom. The molecule has 2 aliphatic rings. The smallest absolute Gasteiger partial charge is 0.101 e. The Kier molecular flexibility index (Phi) is 3.53. The number of hydrogen-bond acceptors (Lipinski definition) is 1. The highest BCUT2D eigenvalue weighted by Crippen LogP contribution is 2.53. The van der Waals surface area contributed by atoms with Crippen LogP contribution in [0.1, 0.15) is 28.4 Å². The van der Waals surface area contributed by atoms with Gasteiger partial charge in [0.1, 0.15) is 6.04 Å². The second kappa shape index (κ2) is 6.11. The molecule has 0 N–H and O–H groups in total. The zero-order valence-corrected chi connectivity index (χ0v) is 17.2. The summed E-state index contributed by atoms with van der Waals surface area (Å²) in [5, 5.41) is 0. The Labute approximate surface area is 177 Å². The van der Waals surface area contributed by atoms with Crippen LogP contribution in [-0.4, -0.2) is 4.57 Å². The van der Waals surface area contributed by atoms with Gasteiger partial charge in [-0.05, 0) is 63.5 Å². The van der Waals surface area contributed by atoms with Gasteiger partial charge in [0, 0.05) is 9.78 Å². The fourth-order valence-electron chi connectivity index (χ4n) is 4.56. The van der Waals surface area contributed by atoms with E-state index in [1.54, 1.807) is 0 Å². The van der Waals surface area contributed by atoms with Crippen molar-refractivity contribution >= 4 is 37.6 Å². The van der Waals surface area contributed by atoms with E-state index in [9.17, 15) is 0 Å². The molecular weight excluding hydrogens is 455 g/mol. The van der Waals surface area contributed by atoms with Crippen LogP contribution in [0.2, 0.25) is 0 Å². The summed E-state index contributed by atoms with van der Waals surface area (Å²) in [4.78, 5) is 2.53. The molecule has 4 aromatic rings. The molecule has 0 amide bonds. The van der Waals surface area contributed by atoms with Crippen LogP contribution < -0.4 is 4.90 Å². The van der Waals surface area contributed by atoms with Gasteiger partial charge in [0.25, 0.3) is 0 Å². The van der Waals surface area contributed by atoms with Crippen molar-refractivity contribution in [3.05, 3.63) is 120 Å². The third-order valence-electron chi connectivity index (χ3n) is 5.71. The molecule has 1 atom stereocenters. The van der Waals surface area contributed by atoms with Crippen LogP contribution in [0.3, 0.4) is 0 Å². The van der Waals surface area contributed by atoms with E-state index in [1.165, 1.54) is 43.0 Å². The first kappa shape index (κ1) is 16.2. The van der Waals surface area contributed by atoms with Crippen LogP contribution in [0.4, 0.5) is 5.69 Å². The number of aromatic nitrogens is 1. The number of halogens is 1. The van der Waals surface area contributed by atoms with Gasteiger partial charge in [-0.2, -0.15) is 0 Å². The minimum Gasteiger partial charge on any atom is -0.325 e. The molecule has 134 valence electrons. The predicted molar refractivity (Wildman–Crippen MR) is 124 cm³/mol. The van der Waals surface area contributed by atoms with Gasteiger partial charge < -0.3 is 9.47 Å². The summed E-state index contributed by atoms with van der Waals surface area (Å²) in [5.41, 5.74) is 9.01. The standard InChI is InChI=1S/C25H17IN2/c26-23-18-11-4-5-12-19(18)25-22-15-8-16-27(22)20-13-6-7-14-21(20)28(25)24(23)17-9-2-1-3-10-17/h1-16,25H. The fourth-order valence-corrected chi connectivity index (χ4v) is 5.62. The SMILES string of the molecule is IC1=C(c2ccccc2)N2c3ccccc3-n3cccc3C2c2ccccc21. The summed E-state index contributed by atoms with van der Waals surface area (Å²) < 4.78 is 3.64. The van der Waals surface area contributed by atoms with E-state index in [-0.39, 0.29) is 6.04 Å². The summed E-state index contributed by atoms with van der Waals surface area (Å²) in [7, 11) is 0. The molecule has 6 rings (SSSR count). The summed E-state index contributed by atoms with van der Waals surface area (Å²) in [6.45, 7) is 0. The molecular formula is C25H17IN2. The van der Waals surface area contributed by atoms with Crippen molar-refractivity contribution < 1.29 is 0 Å². The molecule has 0 bridgehead atoms. The highest BCUT2D eigenvalue weighted by atomic mass is 127. The lowest BCUT2D eigenvalue weighted by Gasteiger charge is -2.45. The molecule has 0 fully saturated rings. The zero-order chi connectivity index (χ0) is 18.7. The van der Waals surface area contributed by atoms with Crippen molar-refractivity contribution in [3.63, 3.8) is 0 Å². The third kappa shape index (κ3) is 2.14. The van der Waals surface area contributed by atoms with Gasteiger partial charge in [0.05, 0.1) is 22.8 Å². The maximum absolute atomic E-state index is 2.53. The van der Waals surface area contributed by atoms with Gasteiger partial charge in [0.2, 0.25) is 0 Å². The molecule has 28 heavy (non-hydrogen) atoms. The summed E-state index contributed by atoms with van der Waals surface area (Å²) >= 11 is 2.53. The number of fused-ring (bicyclic) bond motifs is 8. The molecule has 0 spiro atoms. The second-order valence-electron chi connectivity index (χ2n) is 7.18. The minimum atomic E-state index is 0.162. The average Bonchev–Trinajstić information content (AvgIpc) is 3.25. The van der Waals surface area contributed by atoms with E-state index in [0.717, 1.165) is 0 Å². The van der Waals surface area contributed by atoms with Gasteiger partial charge in [-0.3, -0.25) is 0 Å². The van der Waals surface area contributed by atoms with E-state index >= 15 is 0 Å². The lowest BCUT2D eigenvalue weighted by atomic mass is 9.88. The molecule has 3 aromatic carbocycles. The third-order valence-corrected chi connectivity index (χ3v) is 6.80. The number of anilines is 1. The highest BCUT2D eigenvalue weighted by molar-refractivity contribution is 14.1. The molecule has 1 aromatic heterocycles. The topological polar surface area (TPSA) is 8.17 Å². The van der Waals surface area contributed by atoms with E-state index in [0.29, 0.717) is 0 Å². The van der Waals surface area contributed by atoms with Gasteiger partial charge in [0.15, 0.2) is 0 Å². The maximum atomic E-state index is 2.53. The van der Waals surface area contributed by atoms with Crippen LogP contribution in [-0.2, 0) is 0 Å². The van der Waals surface area contributed by atoms with Crippen LogP contribution in [0.25, 0.3) is 15.0 Å². The molecule has 1 unspecified atom stereocenters. The summed E-state index contributed by atoms with van der Waals surface area (Å²) in [5.74, 6) is 0. The Hall–Kier alpha value is -2.79. The summed E-state index contributed by atoms with van der Waals surface area (Å²) in [6, 6.07) is 32.9. The first-order valence-electron chi connectivity index (χ1n) is 9.45. The quantitative estimate of drug-likeness (QED) is 0.281. The Bertz CT molecular complexity index is 1240. The number of hydrogen-bond donors (Lipinski definition) is 0. The van der Waals surface area contributed by atoms with E-state index in [4.69, 9.17) is 0 Å². The lowest BCUT2D eigenvalue weighted by Crippen LogP contribution is -2.36. The molecule has 0 saturated carbocycles. The molecule has 2 aliphatic heterocycles. The highest BCUT2D eigenvalue weighted by Gasteiger charge is 2.39. The first-order chi connectivity index (χ1) is 13.8. The van der Waals surface area contributed by atoms with Crippen LogP contribution in [0, 0.1) is 0 Å². The Morgan fingerprint density at radius 1 is 0.679 bits per heavy atom. The largest absolute Gasteiger partial charge is 0.325 e. The fraction of sp³-hybridized carbons (Fsp3) is 0.0400. The predicted octanol–water partition coefficient (Wildman–Crippen LogP) is 6.66. The minimum absolute atomic E-state index is 0.162. The molecule has 0 saturated heterocycles. The first-order valence-corrected chi connectivity index (χ1v) is 10.5. The van der Waals surface area contributed by atoms with Crippen molar-refractivity contribution in [1.29, 1.82) is 0 Å². The number of rotatable bonds is 1. The van der Waals surface area contributed by atoms with E-state index < -0.39 is 0 Å². The van der Waals surface area contributed by atoms with Gasteiger partial charge in [-0.15, -0.1) is 0 Å². The molecule has 2 nitrogen and oxygen atoms in total. The normalized spacial score (nSPS) is 16.9. The van der Waals surface area contributed by atoms with Crippen molar-refractivity contribution in [2.24, 2.45) is 0 Å². The molecule has 3 heteroatoms. The van der Waals surface area contributed by atoms with Gasteiger partial charge in [-0.25, -0.2) is 0 Å². The number of nitrogens with zero attached hydrogens (tertiary/aromatic N) is 2. The van der Waals surface area contributed by atoms with Gasteiger partial charge in [-0.1, -0.05) is 66.7 Å². The number of para-hydroxylation sites is 2. The lowest BCUT2D eigenvalue weighted by molar-refractivity contribution is 0.727. The van der Waals surface area contributed by atoms with Crippen LogP contribution in [0.5, 0.6) is 0 Å². The summed E-state index contributed by atoms with van der Waals surface area (Å²) in [6.07, 6.45) is 2.18. The van der Waals surface area contributed by atoms with Crippen molar-refractivity contribution in [1.82, 2.24) is 4.57 Å². The van der Waals surface area contributed by atoms with E-state index in [2.05, 4.69) is 129 Å². The molecule has 0 radical (unpaired) electrons. The van der Waals surface area contributed by atoms with Gasteiger partial charge >= 0.3 is 0 Å². The van der Waals surface area contributed by atoms with Crippen molar-refractivity contribution in [3.8, 4) is 5.69 Å². The zero-order valence-electron chi connectivity index (χ0n) is 15.1. The maximum Gasteiger partial charge on any atom is 0.101 e. The Morgan fingerprint density at radius 3 is 2.25 bits per heavy atom. The van der Waals surface area contributed by atoms with Crippen LogP contribution in [0.15, 0.2) is 97.2 Å². The second-order valence-corrected chi connectivity index (χ2v) is 8.26. The molecule has 0 aliphatic carbocycles. The van der Waals surface area contributed by atoms with Crippen molar-refractivity contribution in [2.75, 3.05) is 4.90 Å². The Balaban J connectivity index is 1.74. The molecule has 3 heterocycles. The van der Waals surface area contributed by atoms with Crippen molar-refractivity contribution in [2.45, 2.75) is 6.04 Å². The van der Waals surface area contributed by atoms with E-state index in [1.807, 2.05) is 0 Å². The number of benzene rings is 3. The average molecular weight is 472 g/mol. The van der Waals surface area contributed by atoms with Crippen LogP contribution >= 0.6 is 22.6 Å². The monoisotopic (exact) mass is 472 g/mol.